The van der Waals surface area contributed by atoms with E-state index in [1.54, 1.807) is 0 Å². The molecular weight excluding hydrogens is 404 g/mol. The summed E-state index contributed by atoms with van der Waals surface area (Å²) in [7, 11) is 0. The summed E-state index contributed by atoms with van der Waals surface area (Å²) >= 11 is 1.33. The first-order chi connectivity index (χ1) is 14.9. The molecule has 2 N–H and O–H groups in total. The molecule has 2 unspecified atom stereocenters. The van der Waals surface area contributed by atoms with Crippen LogP contribution in [0.15, 0.2) is 78.9 Å². The standard InChI is InChI=1S/C26H28N2O2S/c1-18-9-13-22(14-10-18)25(21-7-5-4-6-8-21)28-26(30)20(3)31-17-24(29)27-23-15-11-19(2)12-16-23/h4-16,20,25H,17H2,1-3H3,(H,27,29)(H,28,30). The van der Waals surface area contributed by atoms with Gasteiger partial charge in [0, 0.05) is 5.69 Å². The van der Waals surface area contributed by atoms with Crippen LogP contribution in [-0.2, 0) is 9.59 Å². The van der Waals surface area contributed by atoms with Crippen LogP contribution in [0.3, 0.4) is 0 Å². The first kappa shape index (κ1) is 22.6. The Morgan fingerprint density at radius 2 is 1.35 bits per heavy atom. The zero-order chi connectivity index (χ0) is 22.2. The smallest absolute Gasteiger partial charge is 0.234 e. The molecule has 31 heavy (non-hydrogen) atoms. The molecule has 0 fully saturated rings. The van der Waals surface area contributed by atoms with Gasteiger partial charge in [-0.05, 0) is 44.0 Å². The second-order valence-electron chi connectivity index (χ2n) is 7.63. The Balaban J connectivity index is 1.60. The average Bonchev–Trinajstić information content (AvgIpc) is 2.78. The lowest BCUT2D eigenvalue weighted by atomic mass is 9.97. The van der Waals surface area contributed by atoms with Crippen molar-refractivity contribution >= 4 is 29.3 Å². The van der Waals surface area contributed by atoms with Gasteiger partial charge in [-0.2, -0.15) is 0 Å². The molecule has 2 amide bonds. The molecule has 0 saturated heterocycles. The molecule has 2 atom stereocenters. The van der Waals surface area contributed by atoms with Crippen molar-refractivity contribution in [1.82, 2.24) is 5.32 Å². The van der Waals surface area contributed by atoms with E-state index >= 15 is 0 Å². The number of rotatable bonds is 8. The van der Waals surface area contributed by atoms with Crippen LogP contribution in [0.1, 0.15) is 35.2 Å². The van der Waals surface area contributed by atoms with Crippen LogP contribution in [0.5, 0.6) is 0 Å². The Hall–Kier alpha value is -3.05. The van der Waals surface area contributed by atoms with Crippen LogP contribution in [-0.4, -0.2) is 22.8 Å². The molecule has 0 aliphatic heterocycles. The molecule has 3 rings (SSSR count). The van der Waals surface area contributed by atoms with Gasteiger partial charge in [0.1, 0.15) is 0 Å². The summed E-state index contributed by atoms with van der Waals surface area (Å²) in [5, 5.41) is 5.67. The van der Waals surface area contributed by atoms with E-state index in [2.05, 4.69) is 10.6 Å². The summed E-state index contributed by atoms with van der Waals surface area (Å²) in [4.78, 5) is 25.2. The number of thioether (sulfide) groups is 1. The van der Waals surface area contributed by atoms with Crippen molar-refractivity contribution in [1.29, 1.82) is 0 Å². The monoisotopic (exact) mass is 432 g/mol. The van der Waals surface area contributed by atoms with E-state index < -0.39 is 0 Å². The van der Waals surface area contributed by atoms with Crippen molar-refractivity contribution in [3.05, 3.63) is 101 Å². The van der Waals surface area contributed by atoms with Gasteiger partial charge in [0.2, 0.25) is 11.8 Å². The van der Waals surface area contributed by atoms with Gasteiger partial charge in [0.25, 0.3) is 0 Å². The minimum Gasteiger partial charge on any atom is -0.344 e. The highest BCUT2D eigenvalue weighted by atomic mass is 32.2. The van der Waals surface area contributed by atoms with Crippen molar-refractivity contribution in [3.8, 4) is 0 Å². The maximum atomic E-state index is 12.9. The highest BCUT2D eigenvalue weighted by molar-refractivity contribution is 8.01. The van der Waals surface area contributed by atoms with Gasteiger partial charge in [-0.3, -0.25) is 9.59 Å². The largest absolute Gasteiger partial charge is 0.344 e. The number of hydrogen-bond acceptors (Lipinski definition) is 3. The first-order valence-corrected chi connectivity index (χ1v) is 11.4. The Morgan fingerprint density at radius 1 is 0.806 bits per heavy atom. The lowest BCUT2D eigenvalue weighted by molar-refractivity contribution is -0.120. The molecule has 0 aromatic heterocycles. The SMILES string of the molecule is Cc1ccc(NC(=O)CSC(C)C(=O)NC(c2ccccc2)c2ccc(C)cc2)cc1. The summed E-state index contributed by atoms with van der Waals surface area (Å²) in [5.74, 6) is -0.00239. The average molecular weight is 433 g/mol. The van der Waals surface area contributed by atoms with E-state index in [9.17, 15) is 9.59 Å². The maximum absolute atomic E-state index is 12.9. The molecule has 0 saturated carbocycles. The number of benzene rings is 3. The normalized spacial score (nSPS) is 12.6. The van der Waals surface area contributed by atoms with Crippen molar-refractivity contribution in [3.63, 3.8) is 0 Å². The van der Waals surface area contributed by atoms with Gasteiger partial charge < -0.3 is 10.6 Å². The van der Waals surface area contributed by atoms with Crippen LogP contribution in [0, 0.1) is 13.8 Å². The fraction of sp³-hybridized carbons (Fsp3) is 0.231. The van der Waals surface area contributed by atoms with E-state index in [1.165, 1.54) is 17.3 Å². The predicted molar refractivity (Wildman–Crippen MR) is 129 cm³/mol. The fourth-order valence-electron chi connectivity index (χ4n) is 3.13. The number of carbonyl (C=O) groups excluding carboxylic acids is 2. The Bertz CT molecular complexity index is 1000. The molecule has 4 nitrogen and oxygen atoms in total. The van der Waals surface area contributed by atoms with Crippen LogP contribution < -0.4 is 10.6 Å². The van der Waals surface area contributed by atoms with Gasteiger partial charge in [0.15, 0.2) is 0 Å². The second kappa shape index (κ2) is 10.8. The van der Waals surface area contributed by atoms with Crippen molar-refractivity contribution in [2.24, 2.45) is 0 Å². The topological polar surface area (TPSA) is 58.2 Å². The number of amides is 2. The molecule has 0 aliphatic rings. The Labute approximate surface area is 188 Å². The summed E-state index contributed by atoms with van der Waals surface area (Å²) < 4.78 is 0. The molecular formula is C26H28N2O2S. The molecule has 0 heterocycles. The van der Waals surface area contributed by atoms with Gasteiger partial charge >= 0.3 is 0 Å². The van der Waals surface area contributed by atoms with E-state index in [0.717, 1.165) is 22.4 Å². The summed E-state index contributed by atoms with van der Waals surface area (Å²) in [6.45, 7) is 5.87. The van der Waals surface area contributed by atoms with Crippen molar-refractivity contribution in [2.75, 3.05) is 11.1 Å². The molecule has 0 spiro atoms. The third-order valence-electron chi connectivity index (χ3n) is 5.00. The van der Waals surface area contributed by atoms with E-state index in [0.29, 0.717) is 0 Å². The number of anilines is 1. The molecule has 3 aromatic carbocycles. The minimum atomic E-state index is -0.361. The zero-order valence-electron chi connectivity index (χ0n) is 18.1. The van der Waals surface area contributed by atoms with Gasteiger partial charge in [0.05, 0.1) is 17.0 Å². The lowest BCUT2D eigenvalue weighted by Crippen LogP contribution is -2.35. The highest BCUT2D eigenvalue weighted by Gasteiger charge is 2.21. The van der Waals surface area contributed by atoms with Gasteiger partial charge in [-0.15, -0.1) is 11.8 Å². The zero-order valence-corrected chi connectivity index (χ0v) is 18.9. The second-order valence-corrected chi connectivity index (χ2v) is 8.96. The van der Waals surface area contributed by atoms with E-state index in [1.807, 2.05) is 99.6 Å². The minimum absolute atomic E-state index is 0.0948. The molecule has 0 aliphatic carbocycles. The lowest BCUT2D eigenvalue weighted by Gasteiger charge is -2.22. The third kappa shape index (κ3) is 6.72. The molecule has 160 valence electrons. The maximum Gasteiger partial charge on any atom is 0.234 e. The van der Waals surface area contributed by atoms with Gasteiger partial charge in [-0.1, -0.05) is 77.9 Å². The Morgan fingerprint density at radius 3 is 1.97 bits per heavy atom. The third-order valence-corrected chi connectivity index (χ3v) is 6.14. The fourth-order valence-corrected chi connectivity index (χ4v) is 3.83. The number of hydrogen-bond donors (Lipinski definition) is 2. The summed E-state index contributed by atoms with van der Waals surface area (Å²) in [6.07, 6.45) is 0. The van der Waals surface area contributed by atoms with Crippen LogP contribution in [0.2, 0.25) is 0 Å². The Kier molecular flexibility index (Phi) is 7.90. The van der Waals surface area contributed by atoms with E-state index in [-0.39, 0.29) is 28.9 Å². The number of carbonyl (C=O) groups is 2. The van der Waals surface area contributed by atoms with E-state index in [4.69, 9.17) is 0 Å². The summed E-state index contributed by atoms with van der Waals surface area (Å²) in [6, 6.07) is 25.5. The van der Waals surface area contributed by atoms with Crippen molar-refractivity contribution in [2.45, 2.75) is 32.1 Å². The molecule has 5 heteroatoms. The molecule has 0 radical (unpaired) electrons. The predicted octanol–water partition coefficient (Wildman–Crippen LogP) is 5.27. The molecule has 3 aromatic rings. The first-order valence-electron chi connectivity index (χ1n) is 10.3. The number of aryl methyl sites for hydroxylation is 2. The van der Waals surface area contributed by atoms with Crippen molar-refractivity contribution < 1.29 is 9.59 Å². The van der Waals surface area contributed by atoms with Gasteiger partial charge in [-0.25, -0.2) is 0 Å². The van der Waals surface area contributed by atoms with Crippen LogP contribution in [0.4, 0.5) is 5.69 Å². The quantitative estimate of drug-likeness (QED) is 0.510. The van der Waals surface area contributed by atoms with Crippen LogP contribution >= 0.6 is 11.8 Å². The molecule has 0 bridgehead atoms. The summed E-state index contributed by atoms with van der Waals surface area (Å²) in [5.41, 5.74) is 5.12. The number of nitrogens with one attached hydrogen (secondary N) is 2. The highest BCUT2D eigenvalue weighted by Crippen LogP contribution is 2.24. The van der Waals surface area contributed by atoms with Crippen LogP contribution in [0.25, 0.3) is 0 Å².